The molecule has 150 heavy (non-hydrogen) atoms. The minimum Gasteiger partial charge on any atom is -0.507 e. The van der Waals surface area contributed by atoms with Crippen LogP contribution in [0.25, 0.3) is 103 Å². The first-order valence-corrected chi connectivity index (χ1v) is 57.0. The van der Waals surface area contributed by atoms with Crippen molar-refractivity contribution in [1.82, 2.24) is 152 Å². The molecule has 6 aliphatic carbocycles. The van der Waals surface area contributed by atoms with Gasteiger partial charge in [0.05, 0.1) is 95.8 Å². The van der Waals surface area contributed by atoms with Crippen molar-refractivity contribution in [3.63, 3.8) is 0 Å². The summed E-state index contributed by atoms with van der Waals surface area (Å²) in [6.45, 7) is 22.9. The fourth-order valence-electron chi connectivity index (χ4n) is 26.2. The quantitative estimate of drug-likeness (QED) is 0.0653. The summed E-state index contributed by atoms with van der Waals surface area (Å²) in [6, 6.07) is 28.1. The number of hydrogen-bond acceptors (Lipinski definition) is 22. The Morgan fingerprint density at radius 1 is 0.320 bits per heavy atom. The fraction of sp³-hybridized carbons (Fsp3) is 0.535. The van der Waals surface area contributed by atoms with Gasteiger partial charge in [0.2, 0.25) is 0 Å². The summed E-state index contributed by atoms with van der Waals surface area (Å²) >= 11 is 12.5. The molecule has 6 aliphatic heterocycles. The smallest absolute Gasteiger partial charge is 0.182 e. The van der Waals surface area contributed by atoms with Gasteiger partial charge < -0.3 is 42.0 Å². The van der Waals surface area contributed by atoms with E-state index in [1.165, 1.54) is 250 Å². The lowest BCUT2D eigenvalue weighted by Crippen LogP contribution is -2.17. The van der Waals surface area contributed by atoms with Gasteiger partial charge in [0.15, 0.2) is 63.9 Å². The van der Waals surface area contributed by atoms with Crippen LogP contribution in [0.15, 0.2) is 85.1 Å². The first-order valence-electron chi connectivity index (χ1n) is 56.2. The van der Waals surface area contributed by atoms with E-state index >= 15 is 0 Å². The number of methoxy groups -OCH3 is 2. The summed E-state index contributed by atoms with van der Waals surface area (Å²) in [7, 11) is 3.32. The third-order valence-corrected chi connectivity index (χ3v) is 34.3. The van der Waals surface area contributed by atoms with Crippen LogP contribution in [0.4, 0.5) is 0 Å². The van der Waals surface area contributed by atoms with Crippen LogP contribution in [0.3, 0.4) is 0 Å². The fourth-order valence-corrected chi connectivity index (χ4v) is 26.6. The van der Waals surface area contributed by atoms with E-state index in [1.807, 2.05) is 73.7 Å². The number of para-hydroxylation sites is 1. The number of hydrogen-bond donors (Lipinski definition) is 1. The van der Waals surface area contributed by atoms with Crippen molar-refractivity contribution < 1.29 is 14.6 Å². The highest BCUT2D eigenvalue weighted by atomic mass is 35.5. The van der Waals surface area contributed by atoms with Crippen molar-refractivity contribution in [1.29, 1.82) is 0 Å². The molecule has 3 aromatic carbocycles. The molecular weight excluding hydrogens is 1920 g/mol. The standard InChI is InChI=1S/C23H29N5O2.C20H22ClN5.C20H23N5O.C19H21ClN6.C17H25N5.C15H21N5/c1-4-18-17-11-12-27-21(14-15-9-10-19(29-2)20(13-15)30-3)24-25-23(27)22(17)28(26-18)16-7-5-6-8-16;1-2-17-16-10-11-25-19(13-6-5-7-14(21)12-13)22-23-20(25)18(16)26(24-17)15-8-3-4-9-15;1-2-16-14-11-12-24-19(15-9-5-6-10-17(15)26)21-22-20(24)18(14)25(23-16)13-7-3-4-8-13;1-2-15-13-9-11-25-18(14-8-5-10-21-17(14)20)22-23-19(25)16(13)26(24-15)12-6-3-4-7-12;1-3-7-15-18-19-17-16-13(10-11-21(15)17)14(4-2)20-22(16)12-8-5-6-9-12;1-3-13-12-8-9-19-10(2)16-17-15(19)14(12)20(18-13)11-6-4-5-7-11/h9-10,13,16H,4-8,11-12,14H2,1-3H3;5-7,12,15H,2-4,8-11H2,1H3;5-6,9-10,13,26H,2-4,7-8,11-12H2,1H3;5,8,10,12H,2-4,6-7,9,11H2,1H3;12H,3-11H2,1-2H3;11H,3-9H2,1-2H3. The zero-order valence-electron chi connectivity index (χ0n) is 88.8. The Morgan fingerprint density at radius 2 is 0.647 bits per heavy atom. The van der Waals surface area contributed by atoms with E-state index in [2.05, 4.69) is 176 Å². The van der Waals surface area contributed by atoms with Gasteiger partial charge in [-0.25, -0.2) is 4.98 Å². The van der Waals surface area contributed by atoms with Crippen molar-refractivity contribution in [3.05, 3.63) is 186 Å². The van der Waals surface area contributed by atoms with Crippen LogP contribution in [0.5, 0.6) is 17.2 Å². The van der Waals surface area contributed by atoms with Crippen molar-refractivity contribution >= 4 is 23.2 Å². The van der Waals surface area contributed by atoms with Gasteiger partial charge in [-0.15, -0.1) is 61.2 Å². The second-order valence-corrected chi connectivity index (χ2v) is 43.2. The largest absolute Gasteiger partial charge is 0.507 e. The predicted molar refractivity (Wildman–Crippen MR) is 578 cm³/mol. The number of aromatic hydroxyl groups is 1. The molecule has 12 aliphatic rings. The second kappa shape index (κ2) is 43.7. The van der Waals surface area contributed by atoms with E-state index in [9.17, 15) is 5.11 Å². The molecule has 19 heterocycles. The van der Waals surface area contributed by atoms with Gasteiger partial charge >= 0.3 is 0 Å². The van der Waals surface area contributed by atoms with E-state index in [4.69, 9.17) is 63.3 Å². The summed E-state index contributed by atoms with van der Waals surface area (Å²) in [4.78, 5) is 4.19. The molecule has 0 spiro atoms. The van der Waals surface area contributed by atoms with Crippen LogP contribution < -0.4 is 9.47 Å². The Kier molecular flexibility index (Phi) is 29.2. The molecule has 0 saturated heterocycles. The Labute approximate surface area is 886 Å². The molecule has 0 amide bonds. The maximum Gasteiger partial charge on any atom is 0.182 e. The molecule has 16 aromatic rings. The second-order valence-electron chi connectivity index (χ2n) is 42.4. The number of halogens is 2. The molecule has 1 N–H and O–H groups in total. The molecule has 0 unspecified atom stereocenters. The molecule has 784 valence electrons. The van der Waals surface area contributed by atoms with Gasteiger partial charge in [0.25, 0.3) is 0 Å². The highest BCUT2D eigenvalue weighted by Crippen LogP contribution is 2.49. The Morgan fingerprint density at radius 3 is 1.03 bits per heavy atom. The number of benzene rings is 3. The van der Waals surface area contributed by atoms with Crippen LogP contribution in [0.2, 0.25) is 10.2 Å². The molecule has 13 aromatic heterocycles. The minimum atomic E-state index is 0.243. The lowest BCUT2D eigenvalue weighted by Gasteiger charge is -2.20. The van der Waals surface area contributed by atoms with Gasteiger partial charge in [-0.1, -0.05) is 179 Å². The number of pyridine rings is 1. The van der Waals surface area contributed by atoms with Crippen molar-refractivity contribution in [3.8, 4) is 121 Å². The Bertz CT molecular complexity index is 7380. The number of fused-ring (bicyclic) bond motifs is 18. The highest BCUT2D eigenvalue weighted by molar-refractivity contribution is 6.32. The van der Waals surface area contributed by atoms with Gasteiger partial charge in [-0.2, -0.15) is 30.6 Å². The minimum absolute atomic E-state index is 0.243. The number of rotatable bonds is 21. The zero-order valence-corrected chi connectivity index (χ0v) is 90.3. The van der Waals surface area contributed by atoms with Crippen LogP contribution in [0, 0.1) is 6.92 Å². The summed E-state index contributed by atoms with van der Waals surface area (Å²) in [5.74, 6) is 13.1. The molecular formula is C114H141Cl2N31O3. The number of phenolic OH excluding ortho intramolecular Hbond substituents is 1. The average Bonchev–Trinajstić information content (AvgIpc) is 1.58. The van der Waals surface area contributed by atoms with Gasteiger partial charge in [0, 0.05) is 102 Å². The number of aromatic nitrogens is 31. The number of nitrogens with zero attached hydrogens (tertiary/aromatic N) is 31. The van der Waals surface area contributed by atoms with E-state index in [0.29, 0.717) is 47.8 Å². The lowest BCUT2D eigenvalue weighted by atomic mass is 10.0. The van der Waals surface area contributed by atoms with Gasteiger partial charge in [0.1, 0.15) is 62.5 Å². The number of aryl methyl sites for hydroxylation is 8. The van der Waals surface area contributed by atoms with E-state index in [-0.39, 0.29) is 5.75 Å². The topological polar surface area (TPSA) is 343 Å². The first-order chi connectivity index (χ1) is 73.7. The van der Waals surface area contributed by atoms with E-state index in [1.54, 1.807) is 26.5 Å². The van der Waals surface area contributed by atoms with Crippen molar-refractivity contribution in [2.75, 3.05) is 14.2 Å². The van der Waals surface area contributed by atoms with Gasteiger partial charge in [-0.05, 0) is 222 Å². The van der Waals surface area contributed by atoms with Gasteiger partial charge in [-0.3, -0.25) is 28.1 Å². The maximum atomic E-state index is 10.2. The molecule has 36 heteroatoms. The normalized spacial score (nSPS) is 16.9. The van der Waals surface area contributed by atoms with E-state index in [0.717, 1.165) is 244 Å². The van der Waals surface area contributed by atoms with Crippen molar-refractivity contribution in [2.24, 2.45) is 0 Å². The van der Waals surface area contributed by atoms with Crippen molar-refractivity contribution in [2.45, 2.75) is 381 Å². The zero-order chi connectivity index (χ0) is 102. The molecule has 34 nitrogen and oxygen atoms in total. The molecule has 6 fully saturated rings. The first kappa shape index (κ1) is 100. The summed E-state index contributed by atoms with van der Waals surface area (Å²) in [5.41, 5.74) is 26.6. The molecule has 0 atom stereocenters. The Balaban J connectivity index is 0.0000000990. The lowest BCUT2D eigenvalue weighted by molar-refractivity contribution is 0.354. The summed E-state index contributed by atoms with van der Waals surface area (Å²) < 4.78 is 37.8. The van der Waals surface area contributed by atoms with Crippen LogP contribution >= 0.6 is 23.2 Å². The highest BCUT2D eigenvalue weighted by Gasteiger charge is 2.41. The van der Waals surface area contributed by atoms with E-state index < -0.39 is 0 Å². The molecule has 6 saturated carbocycles. The monoisotopic (exact) mass is 2060 g/mol. The Hall–Kier alpha value is -13.1. The SMILES string of the molecule is CCCc1nnc2n1CCc1c(CC)nn(C3CCCC3)c1-2.CCc1nn(C2CCCC2)c2c1CCn1c(-c3cccc(Cl)c3)nnc1-2.CCc1nn(C2CCCC2)c2c1CCn1c(-c3ccccc3O)nnc1-2.CCc1nn(C2CCCC2)c2c1CCn1c(-c3cccnc3Cl)nnc1-2.CCc1nn(C2CCCC2)c2c1CCn1c(C)nnc1-2.CCc1nn(C2CCCC2)c2c1CCn1c(Cc3ccc(OC)c(OC)c3)nnc1-2. The molecule has 0 radical (unpaired) electrons. The third-order valence-electron chi connectivity index (χ3n) is 33.7. The summed E-state index contributed by atoms with van der Waals surface area (Å²) in [5, 5.41) is 95.4. The van der Waals surface area contributed by atoms with Crippen LogP contribution in [-0.2, 0) is 129 Å². The molecule has 0 bridgehead atoms. The summed E-state index contributed by atoms with van der Waals surface area (Å²) in [6.07, 6.45) is 46.7. The van der Waals surface area contributed by atoms with Crippen LogP contribution in [-0.4, -0.2) is 172 Å². The average molecular weight is 2060 g/mol. The number of ether oxygens (including phenoxy) is 2. The van der Waals surface area contributed by atoms with Crippen LogP contribution in [0.1, 0.15) is 336 Å². The molecule has 28 rings (SSSR count). The predicted octanol–water partition coefficient (Wildman–Crippen LogP) is 22.5. The third kappa shape index (κ3) is 18.6. The maximum absolute atomic E-state index is 10.2. The number of phenols is 1.